The van der Waals surface area contributed by atoms with Crippen LogP contribution in [0.25, 0.3) is 0 Å². The van der Waals surface area contributed by atoms with Gasteiger partial charge >= 0.3 is 0 Å². The van der Waals surface area contributed by atoms with Gasteiger partial charge in [0.25, 0.3) is 0 Å². The Morgan fingerprint density at radius 2 is 2.18 bits per heavy atom. The molecule has 0 N–H and O–H groups in total. The molecule has 3 aliphatic rings. The Morgan fingerprint density at radius 1 is 1.45 bits per heavy atom. The highest BCUT2D eigenvalue weighted by Crippen LogP contribution is 2.49. The number of hydrogen-bond acceptors (Lipinski definition) is 1. The van der Waals surface area contributed by atoms with Crippen LogP contribution in [0.4, 0.5) is 0 Å². The largest absolute Gasteiger partial charge is 0.303 e. The summed E-state index contributed by atoms with van der Waals surface area (Å²) in [6, 6.07) is 0. The van der Waals surface area contributed by atoms with E-state index in [4.69, 9.17) is 0 Å². The molecule has 0 unspecified atom stereocenters. The van der Waals surface area contributed by atoms with E-state index in [0.717, 1.165) is 11.3 Å². The Hall–Kier alpha value is -0.0400. The lowest BCUT2D eigenvalue weighted by Crippen LogP contribution is -2.54. The van der Waals surface area contributed by atoms with Crippen molar-refractivity contribution in [2.75, 3.05) is 19.6 Å². The van der Waals surface area contributed by atoms with Gasteiger partial charge in [0.1, 0.15) is 0 Å². The fourth-order valence-corrected chi connectivity index (χ4v) is 3.05. The van der Waals surface area contributed by atoms with E-state index in [1.807, 2.05) is 0 Å². The minimum atomic E-state index is 0.720. The van der Waals surface area contributed by atoms with Crippen LogP contribution in [0.5, 0.6) is 0 Å². The van der Waals surface area contributed by atoms with E-state index >= 15 is 0 Å². The van der Waals surface area contributed by atoms with Crippen LogP contribution >= 0.6 is 0 Å². The van der Waals surface area contributed by atoms with Gasteiger partial charge < -0.3 is 4.90 Å². The van der Waals surface area contributed by atoms with Crippen LogP contribution in [-0.2, 0) is 0 Å². The molecule has 0 aromatic rings. The zero-order chi connectivity index (χ0) is 7.90. The van der Waals surface area contributed by atoms with Crippen LogP contribution in [0.15, 0.2) is 0 Å². The zero-order valence-corrected chi connectivity index (χ0v) is 7.77. The molecule has 0 atom stereocenters. The summed E-state index contributed by atoms with van der Waals surface area (Å²) in [5.74, 6) is 1.06. The summed E-state index contributed by atoms with van der Waals surface area (Å²) in [6.07, 6.45) is 4.34. The quantitative estimate of drug-likeness (QED) is 0.587. The lowest BCUT2D eigenvalue weighted by atomic mass is 9.60. The van der Waals surface area contributed by atoms with Crippen molar-refractivity contribution in [3.8, 4) is 0 Å². The number of fused-ring (bicyclic) bond motifs is 2. The topological polar surface area (TPSA) is 3.24 Å². The van der Waals surface area contributed by atoms with Gasteiger partial charge in [-0.2, -0.15) is 0 Å². The highest BCUT2D eigenvalue weighted by atomic mass is 15.2. The summed E-state index contributed by atoms with van der Waals surface area (Å²) >= 11 is 0. The van der Waals surface area contributed by atoms with E-state index in [9.17, 15) is 0 Å². The summed E-state index contributed by atoms with van der Waals surface area (Å²) in [6.45, 7) is 8.82. The molecule has 1 aliphatic carbocycles. The van der Waals surface area contributed by atoms with Gasteiger partial charge in [-0.3, -0.25) is 0 Å². The first kappa shape index (κ1) is 7.60. The van der Waals surface area contributed by atoms with Gasteiger partial charge in [-0.1, -0.05) is 13.8 Å². The molecule has 0 spiro atoms. The minimum Gasteiger partial charge on any atom is -0.303 e. The molecular formula is C10H19N. The molecule has 2 heterocycles. The molecule has 1 heteroatoms. The van der Waals surface area contributed by atoms with E-state index in [1.165, 1.54) is 38.9 Å². The molecular weight excluding hydrogens is 134 g/mol. The van der Waals surface area contributed by atoms with Gasteiger partial charge in [0.05, 0.1) is 0 Å². The van der Waals surface area contributed by atoms with Crippen molar-refractivity contribution < 1.29 is 0 Å². The molecule has 2 aliphatic heterocycles. The SMILES string of the molecule is CCCN1CC2CC(C)(C2)C1. The van der Waals surface area contributed by atoms with Crippen LogP contribution < -0.4 is 0 Å². The van der Waals surface area contributed by atoms with Gasteiger partial charge in [0, 0.05) is 13.1 Å². The number of piperidine rings is 2. The molecule has 0 aromatic carbocycles. The van der Waals surface area contributed by atoms with E-state index in [-0.39, 0.29) is 0 Å². The molecule has 0 radical (unpaired) electrons. The molecule has 3 fully saturated rings. The fraction of sp³-hybridized carbons (Fsp3) is 1.00. The second-order valence-electron chi connectivity index (χ2n) is 4.82. The number of hydrogen-bond donors (Lipinski definition) is 0. The minimum absolute atomic E-state index is 0.720. The van der Waals surface area contributed by atoms with Crippen molar-refractivity contribution in [1.82, 2.24) is 4.90 Å². The van der Waals surface area contributed by atoms with Gasteiger partial charge in [-0.05, 0) is 37.1 Å². The maximum Gasteiger partial charge on any atom is 0.00357 e. The first-order valence-electron chi connectivity index (χ1n) is 4.94. The Kier molecular flexibility index (Phi) is 1.71. The van der Waals surface area contributed by atoms with E-state index in [0.29, 0.717) is 0 Å². The smallest absolute Gasteiger partial charge is 0.00357 e. The van der Waals surface area contributed by atoms with E-state index < -0.39 is 0 Å². The van der Waals surface area contributed by atoms with Crippen molar-refractivity contribution in [3.63, 3.8) is 0 Å². The molecule has 0 aromatic heterocycles. The summed E-state index contributed by atoms with van der Waals surface area (Å²) in [7, 11) is 0. The number of nitrogens with zero attached hydrogens (tertiary/aromatic N) is 1. The molecule has 64 valence electrons. The third kappa shape index (κ3) is 1.31. The van der Waals surface area contributed by atoms with Crippen molar-refractivity contribution in [1.29, 1.82) is 0 Å². The zero-order valence-electron chi connectivity index (χ0n) is 7.77. The second-order valence-corrected chi connectivity index (χ2v) is 4.82. The maximum atomic E-state index is 2.65. The molecule has 11 heavy (non-hydrogen) atoms. The lowest BCUT2D eigenvalue weighted by molar-refractivity contribution is -0.0472. The Balaban J connectivity index is 1.89. The maximum absolute atomic E-state index is 2.65. The van der Waals surface area contributed by atoms with Crippen molar-refractivity contribution in [2.45, 2.75) is 33.1 Å². The molecule has 2 bridgehead atoms. The second kappa shape index (κ2) is 2.48. The van der Waals surface area contributed by atoms with E-state index in [2.05, 4.69) is 18.7 Å². The number of rotatable bonds is 2. The van der Waals surface area contributed by atoms with Crippen molar-refractivity contribution >= 4 is 0 Å². The summed E-state index contributed by atoms with van der Waals surface area (Å²) in [4.78, 5) is 2.65. The molecule has 0 amide bonds. The normalized spacial score (nSPS) is 43.6. The monoisotopic (exact) mass is 153 g/mol. The van der Waals surface area contributed by atoms with Crippen molar-refractivity contribution in [2.24, 2.45) is 11.3 Å². The highest BCUT2D eigenvalue weighted by Gasteiger charge is 2.45. The summed E-state index contributed by atoms with van der Waals surface area (Å²) in [5, 5.41) is 0. The molecule has 1 nitrogen and oxygen atoms in total. The van der Waals surface area contributed by atoms with Gasteiger partial charge in [-0.25, -0.2) is 0 Å². The predicted molar refractivity (Wildman–Crippen MR) is 47.6 cm³/mol. The van der Waals surface area contributed by atoms with Crippen LogP contribution in [0.3, 0.4) is 0 Å². The highest BCUT2D eigenvalue weighted by molar-refractivity contribution is 4.98. The average Bonchev–Trinajstić information content (AvgIpc) is 1.84. The average molecular weight is 153 g/mol. The standard InChI is InChI=1S/C10H19N/c1-3-4-11-7-9-5-10(2,6-9)8-11/h9H,3-8H2,1-2H3. The Labute approximate surface area is 69.8 Å². The first-order valence-corrected chi connectivity index (χ1v) is 4.94. The third-order valence-corrected chi connectivity index (χ3v) is 3.22. The first-order chi connectivity index (χ1) is 5.22. The van der Waals surface area contributed by atoms with Gasteiger partial charge in [0.2, 0.25) is 0 Å². The summed E-state index contributed by atoms with van der Waals surface area (Å²) in [5.41, 5.74) is 0.720. The molecule has 2 saturated heterocycles. The molecule has 3 rings (SSSR count). The Morgan fingerprint density at radius 3 is 2.73 bits per heavy atom. The third-order valence-electron chi connectivity index (χ3n) is 3.22. The predicted octanol–water partition coefficient (Wildman–Crippen LogP) is 2.13. The van der Waals surface area contributed by atoms with Crippen LogP contribution in [0, 0.1) is 11.3 Å². The Bertz CT molecular complexity index is 147. The summed E-state index contributed by atoms with van der Waals surface area (Å²) < 4.78 is 0. The lowest BCUT2D eigenvalue weighted by Gasteiger charge is -2.55. The van der Waals surface area contributed by atoms with Crippen LogP contribution in [-0.4, -0.2) is 24.5 Å². The molecule has 1 saturated carbocycles. The van der Waals surface area contributed by atoms with Gasteiger partial charge in [-0.15, -0.1) is 0 Å². The van der Waals surface area contributed by atoms with E-state index in [1.54, 1.807) is 0 Å². The fourth-order valence-electron chi connectivity index (χ4n) is 3.05. The van der Waals surface area contributed by atoms with Gasteiger partial charge in [0.15, 0.2) is 0 Å². The van der Waals surface area contributed by atoms with Crippen LogP contribution in [0.1, 0.15) is 33.1 Å². The van der Waals surface area contributed by atoms with Crippen molar-refractivity contribution in [3.05, 3.63) is 0 Å². The van der Waals surface area contributed by atoms with Crippen LogP contribution in [0.2, 0.25) is 0 Å².